The molecule has 5 aromatic rings. The van der Waals surface area contributed by atoms with Crippen LogP contribution in [0.4, 0.5) is 0 Å². The maximum Gasteiger partial charge on any atom is 0.273 e. The van der Waals surface area contributed by atoms with Crippen molar-refractivity contribution in [1.29, 1.82) is 0 Å². The van der Waals surface area contributed by atoms with Gasteiger partial charge in [-0.25, -0.2) is 0 Å². The lowest BCUT2D eigenvalue weighted by molar-refractivity contribution is -0.121. The molecule has 3 aromatic heterocycles. The lowest BCUT2D eigenvalue weighted by atomic mass is 9.62. The van der Waals surface area contributed by atoms with Gasteiger partial charge in [0.2, 0.25) is 5.91 Å². The predicted octanol–water partition coefficient (Wildman–Crippen LogP) is 5.16. The molecule has 196 valence electrons. The number of H-pyrrole nitrogens is 1. The monoisotopic (exact) mass is 517 g/mol. The molecule has 0 spiro atoms. The number of hydrogen-bond donors (Lipinski definition) is 2. The fourth-order valence-corrected chi connectivity index (χ4v) is 5.65. The molecule has 7 heteroatoms. The van der Waals surface area contributed by atoms with Gasteiger partial charge in [0.1, 0.15) is 12.2 Å². The Morgan fingerprint density at radius 2 is 1.77 bits per heavy atom. The number of carbonyl (C=O) groups is 1. The zero-order valence-corrected chi connectivity index (χ0v) is 21.8. The van der Waals surface area contributed by atoms with Gasteiger partial charge in [-0.15, -0.1) is 0 Å². The summed E-state index contributed by atoms with van der Waals surface area (Å²) in [5.41, 5.74) is 5.08. The minimum atomic E-state index is -0.233. The molecule has 7 nitrogen and oxygen atoms in total. The van der Waals surface area contributed by atoms with Crippen LogP contribution in [0.1, 0.15) is 42.6 Å². The molecule has 0 bridgehead atoms. The molecule has 2 N–H and O–H groups in total. The Morgan fingerprint density at radius 3 is 2.49 bits per heavy atom. The maximum absolute atomic E-state index is 13.8. The number of carbonyl (C=O) groups excluding carboxylic acids is 1. The van der Waals surface area contributed by atoms with Gasteiger partial charge >= 0.3 is 0 Å². The highest BCUT2D eigenvalue weighted by atomic mass is 16.2. The van der Waals surface area contributed by atoms with Crippen LogP contribution in [0.25, 0.3) is 22.2 Å². The van der Waals surface area contributed by atoms with Crippen LogP contribution >= 0.6 is 0 Å². The molecule has 0 unspecified atom stereocenters. The Kier molecular flexibility index (Phi) is 6.80. The van der Waals surface area contributed by atoms with Crippen molar-refractivity contribution in [3.63, 3.8) is 0 Å². The number of nitrogens with zero attached hydrogens (tertiary/aromatic N) is 3. The van der Waals surface area contributed by atoms with Crippen LogP contribution < -0.4 is 10.9 Å². The first-order valence-electron chi connectivity index (χ1n) is 13.5. The summed E-state index contributed by atoms with van der Waals surface area (Å²) in [5.74, 6) is -0.233. The molecule has 39 heavy (non-hydrogen) atoms. The number of fused-ring (bicyclic) bond motifs is 1. The topological polar surface area (TPSA) is 92.7 Å². The van der Waals surface area contributed by atoms with E-state index in [-0.39, 0.29) is 23.4 Å². The van der Waals surface area contributed by atoms with E-state index in [0.717, 1.165) is 41.4 Å². The number of hydrogen-bond acceptors (Lipinski definition) is 4. The van der Waals surface area contributed by atoms with Gasteiger partial charge in [-0.3, -0.25) is 24.1 Å². The van der Waals surface area contributed by atoms with E-state index in [1.165, 1.54) is 12.0 Å². The van der Waals surface area contributed by atoms with E-state index in [1.807, 2.05) is 48.5 Å². The summed E-state index contributed by atoms with van der Waals surface area (Å²) < 4.78 is 1.57. The van der Waals surface area contributed by atoms with Crippen LogP contribution in [0, 0.1) is 0 Å². The zero-order chi connectivity index (χ0) is 26.7. The summed E-state index contributed by atoms with van der Waals surface area (Å²) >= 11 is 0. The van der Waals surface area contributed by atoms with Gasteiger partial charge in [0.25, 0.3) is 5.56 Å². The van der Waals surface area contributed by atoms with Gasteiger partial charge in [0, 0.05) is 29.0 Å². The van der Waals surface area contributed by atoms with Crippen LogP contribution in [-0.4, -0.2) is 25.4 Å². The van der Waals surface area contributed by atoms with Gasteiger partial charge in [0.15, 0.2) is 0 Å². The van der Waals surface area contributed by atoms with E-state index < -0.39 is 0 Å². The van der Waals surface area contributed by atoms with E-state index in [2.05, 4.69) is 44.5 Å². The van der Waals surface area contributed by atoms with Crippen molar-refractivity contribution in [2.75, 3.05) is 0 Å². The van der Waals surface area contributed by atoms with Crippen molar-refractivity contribution in [1.82, 2.24) is 24.8 Å². The molecule has 1 aliphatic carbocycles. The Bertz CT molecular complexity index is 1620. The molecule has 1 amide bonds. The van der Waals surface area contributed by atoms with E-state index in [1.54, 1.807) is 23.2 Å². The van der Waals surface area contributed by atoms with Crippen molar-refractivity contribution in [3.8, 4) is 11.3 Å². The number of rotatable bonds is 9. The summed E-state index contributed by atoms with van der Waals surface area (Å²) in [7, 11) is 0. The largest absolute Gasteiger partial charge is 0.357 e. The lowest BCUT2D eigenvalue weighted by Gasteiger charge is -2.42. The Labute approximate surface area is 227 Å². The second-order valence-electron chi connectivity index (χ2n) is 10.4. The van der Waals surface area contributed by atoms with Gasteiger partial charge in [-0.05, 0) is 54.4 Å². The number of aromatic amines is 1. The first kappa shape index (κ1) is 24.8. The molecule has 1 aliphatic rings. The van der Waals surface area contributed by atoms with Gasteiger partial charge in [0.05, 0.1) is 18.4 Å². The molecule has 0 aliphatic heterocycles. The summed E-state index contributed by atoms with van der Waals surface area (Å²) in [6, 6.07) is 24.1. The molecule has 3 heterocycles. The number of amides is 1. The molecule has 6 rings (SSSR count). The molecule has 1 saturated carbocycles. The lowest BCUT2D eigenvalue weighted by Crippen LogP contribution is -2.37. The van der Waals surface area contributed by atoms with E-state index in [4.69, 9.17) is 0 Å². The van der Waals surface area contributed by atoms with Crippen LogP contribution in [0.3, 0.4) is 0 Å². The third-order valence-electron chi connectivity index (χ3n) is 7.99. The predicted molar refractivity (Wildman–Crippen MR) is 152 cm³/mol. The third kappa shape index (κ3) is 5.12. The normalized spacial score (nSPS) is 14.2. The molecule has 0 radical (unpaired) electrons. The second-order valence-corrected chi connectivity index (χ2v) is 10.4. The smallest absolute Gasteiger partial charge is 0.273 e. The summed E-state index contributed by atoms with van der Waals surface area (Å²) in [4.78, 5) is 38.9. The van der Waals surface area contributed by atoms with Crippen molar-refractivity contribution in [2.45, 2.75) is 50.6 Å². The Morgan fingerprint density at radius 1 is 1.00 bits per heavy atom. The number of aryl methyl sites for hydroxylation is 1. The first-order chi connectivity index (χ1) is 19.1. The first-order valence-corrected chi connectivity index (χ1v) is 13.5. The highest BCUT2D eigenvalue weighted by molar-refractivity contribution is 5.80. The summed E-state index contributed by atoms with van der Waals surface area (Å²) in [6.45, 7) is 0.255. The molecular formula is C32H31N5O2. The Balaban J connectivity index is 1.23. The van der Waals surface area contributed by atoms with Crippen molar-refractivity contribution < 1.29 is 4.79 Å². The molecule has 0 saturated heterocycles. The van der Waals surface area contributed by atoms with E-state index in [0.29, 0.717) is 24.4 Å². The van der Waals surface area contributed by atoms with Crippen LogP contribution in [0.15, 0.2) is 96.2 Å². The highest BCUT2D eigenvalue weighted by Crippen LogP contribution is 2.46. The van der Waals surface area contributed by atoms with E-state index in [9.17, 15) is 9.59 Å². The van der Waals surface area contributed by atoms with Gasteiger partial charge < -0.3 is 10.3 Å². The standard InChI is InChI=1S/C32H31N5O2/c38-30(35-20-26-18-24-19-33-17-13-27(24)36-26)22-37-29(23-8-3-1-4-9-23)21-34-28(31(37)39)12-16-32(14-7-15-32)25-10-5-2-6-11-25/h1-6,8-11,13,17-19,21,36H,7,12,14-16,20,22H2,(H,35,38). The highest BCUT2D eigenvalue weighted by Gasteiger charge is 2.38. The minimum Gasteiger partial charge on any atom is -0.357 e. The van der Waals surface area contributed by atoms with Crippen LogP contribution in [0.2, 0.25) is 0 Å². The molecule has 1 fully saturated rings. The number of nitrogens with one attached hydrogen (secondary N) is 2. The molecule has 2 aromatic carbocycles. The SMILES string of the molecule is O=C(Cn1c(-c2ccccc2)cnc(CCC2(c3ccccc3)CCC2)c1=O)NCc1cc2cnccc2[nH]1. The van der Waals surface area contributed by atoms with Crippen LogP contribution in [0.5, 0.6) is 0 Å². The quantitative estimate of drug-likeness (QED) is 0.283. The van der Waals surface area contributed by atoms with E-state index >= 15 is 0 Å². The molecule has 0 atom stereocenters. The van der Waals surface area contributed by atoms with Gasteiger partial charge in [-0.1, -0.05) is 67.1 Å². The second kappa shape index (κ2) is 10.7. The van der Waals surface area contributed by atoms with Crippen molar-refractivity contribution in [2.24, 2.45) is 0 Å². The average Bonchev–Trinajstić information content (AvgIpc) is 3.37. The summed E-state index contributed by atoms with van der Waals surface area (Å²) in [6.07, 6.45) is 10.1. The summed E-state index contributed by atoms with van der Waals surface area (Å²) in [5, 5.41) is 3.95. The molecular weight excluding hydrogens is 486 g/mol. The third-order valence-corrected chi connectivity index (χ3v) is 7.99. The van der Waals surface area contributed by atoms with Crippen molar-refractivity contribution in [3.05, 3.63) is 119 Å². The number of pyridine rings is 1. The zero-order valence-electron chi connectivity index (χ0n) is 21.8. The van der Waals surface area contributed by atoms with Crippen molar-refractivity contribution >= 4 is 16.8 Å². The number of benzene rings is 2. The fraction of sp³-hybridized carbons (Fsp3) is 0.250. The fourth-order valence-electron chi connectivity index (χ4n) is 5.65. The average molecular weight is 518 g/mol. The minimum absolute atomic E-state index is 0.0792. The van der Waals surface area contributed by atoms with Crippen LogP contribution in [-0.2, 0) is 29.7 Å². The Hall–Kier alpha value is -4.52. The number of aromatic nitrogens is 4. The maximum atomic E-state index is 13.8. The van der Waals surface area contributed by atoms with Gasteiger partial charge in [-0.2, -0.15) is 0 Å².